The molecule has 0 bridgehead atoms. The summed E-state index contributed by atoms with van der Waals surface area (Å²) in [6.45, 7) is 0. The van der Waals surface area contributed by atoms with Crippen LogP contribution < -0.4 is 4.40 Å². The molecule has 21 heavy (non-hydrogen) atoms. The van der Waals surface area contributed by atoms with E-state index in [2.05, 4.69) is 59.9 Å². The standard InChI is InChI=1S/C19H25GeN/c1-20(2,3)18-14-21-19(16-11-5-4-6-12-16)13-17(18)15-9-7-8-10-15/h4-6,11-15H,7-10H2,1-3H3. The fourth-order valence-corrected chi connectivity index (χ4v) is 6.78. The van der Waals surface area contributed by atoms with Gasteiger partial charge in [-0.3, -0.25) is 0 Å². The van der Waals surface area contributed by atoms with Crippen molar-refractivity contribution >= 4 is 17.7 Å². The van der Waals surface area contributed by atoms with E-state index in [1.165, 1.54) is 31.2 Å². The van der Waals surface area contributed by atoms with Gasteiger partial charge in [0, 0.05) is 0 Å². The van der Waals surface area contributed by atoms with E-state index >= 15 is 0 Å². The van der Waals surface area contributed by atoms with Crippen molar-refractivity contribution in [3.8, 4) is 11.3 Å². The van der Waals surface area contributed by atoms with Gasteiger partial charge in [0.1, 0.15) is 0 Å². The molecule has 0 amide bonds. The van der Waals surface area contributed by atoms with E-state index in [0.29, 0.717) is 0 Å². The average molecular weight is 340 g/mol. The summed E-state index contributed by atoms with van der Waals surface area (Å²) >= 11 is -1.86. The molecule has 2 heteroatoms. The van der Waals surface area contributed by atoms with Gasteiger partial charge >= 0.3 is 131 Å². The molecule has 1 heterocycles. The van der Waals surface area contributed by atoms with Crippen LogP contribution in [-0.2, 0) is 0 Å². The van der Waals surface area contributed by atoms with E-state index < -0.39 is 13.3 Å². The molecule has 0 N–H and O–H groups in total. The molecule has 0 unspecified atom stereocenters. The van der Waals surface area contributed by atoms with Gasteiger partial charge in [-0.1, -0.05) is 0 Å². The van der Waals surface area contributed by atoms with E-state index in [1.54, 1.807) is 9.96 Å². The summed E-state index contributed by atoms with van der Waals surface area (Å²) in [4.78, 5) is 4.79. The van der Waals surface area contributed by atoms with Gasteiger partial charge in [-0.2, -0.15) is 0 Å². The predicted octanol–water partition coefficient (Wildman–Crippen LogP) is 4.95. The molecular weight excluding hydrogens is 315 g/mol. The summed E-state index contributed by atoms with van der Waals surface area (Å²) < 4.78 is 1.61. The molecule has 3 rings (SSSR count). The molecule has 0 spiro atoms. The Balaban J connectivity index is 2.08. The zero-order chi connectivity index (χ0) is 14.9. The number of pyridine rings is 1. The SMILES string of the molecule is [CH3][Ge]([CH3])([CH3])[c]1cnc(-c2ccccc2)cc1C1CCCC1. The first kappa shape index (κ1) is 14.8. The zero-order valence-corrected chi connectivity index (χ0v) is 15.5. The van der Waals surface area contributed by atoms with Gasteiger partial charge in [-0.15, -0.1) is 0 Å². The Labute approximate surface area is 131 Å². The molecule has 1 saturated carbocycles. The molecule has 1 nitrogen and oxygen atoms in total. The normalized spacial score (nSPS) is 16.3. The molecule has 0 saturated heterocycles. The first-order valence-corrected chi connectivity index (χ1v) is 15.5. The van der Waals surface area contributed by atoms with Crippen LogP contribution in [0.2, 0.25) is 17.3 Å². The van der Waals surface area contributed by atoms with Crippen molar-refractivity contribution in [2.75, 3.05) is 0 Å². The molecule has 110 valence electrons. The van der Waals surface area contributed by atoms with Crippen LogP contribution in [0.25, 0.3) is 11.3 Å². The monoisotopic (exact) mass is 341 g/mol. The topological polar surface area (TPSA) is 12.9 Å². The van der Waals surface area contributed by atoms with Crippen LogP contribution in [0.1, 0.15) is 37.2 Å². The van der Waals surface area contributed by atoms with Crippen molar-refractivity contribution in [2.45, 2.75) is 48.9 Å². The Hall–Kier alpha value is -1.09. The molecule has 1 aliphatic carbocycles. The minimum atomic E-state index is -1.86. The Morgan fingerprint density at radius 3 is 2.29 bits per heavy atom. The third-order valence-corrected chi connectivity index (χ3v) is 8.88. The summed E-state index contributed by atoms with van der Waals surface area (Å²) in [5.41, 5.74) is 4.01. The first-order valence-electron chi connectivity index (χ1n) is 8.11. The second-order valence-corrected chi connectivity index (χ2v) is 17.8. The molecule has 2 aromatic rings. The fourth-order valence-electron chi connectivity index (χ4n) is 3.44. The predicted molar refractivity (Wildman–Crippen MR) is 93.9 cm³/mol. The molecule has 1 fully saturated rings. The second kappa shape index (κ2) is 5.96. The van der Waals surface area contributed by atoms with Crippen molar-refractivity contribution in [1.82, 2.24) is 4.98 Å². The Bertz CT molecular complexity index is 607. The van der Waals surface area contributed by atoms with Crippen LogP contribution in [0.4, 0.5) is 0 Å². The van der Waals surface area contributed by atoms with Gasteiger partial charge < -0.3 is 0 Å². The van der Waals surface area contributed by atoms with Gasteiger partial charge in [0.05, 0.1) is 0 Å². The van der Waals surface area contributed by atoms with Crippen LogP contribution in [0.5, 0.6) is 0 Å². The number of hydrogen-bond acceptors (Lipinski definition) is 1. The molecule has 0 aliphatic heterocycles. The third kappa shape index (κ3) is 3.23. The van der Waals surface area contributed by atoms with Crippen molar-refractivity contribution in [1.29, 1.82) is 0 Å². The third-order valence-electron chi connectivity index (χ3n) is 4.61. The van der Waals surface area contributed by atoms with Crippen LogP contribution in [-0.4, -0.2) is 18.3 Å². The number of aromatic nitrogens is 1. The van der Waals surface area contributed by atoms with Crippen molar-refractivity contribution in [3.63, 3.8) is 0 Å². The number of benzene rings is 1. The molecule has 1 aliphatic rings. The van der Waals surface area contributed by atoms with Gasteiger partial charge in [-0.25, -0.2) is 0 Å². The van der Waals surface area contributed by atoms with Gasteiger partial charge in [0.15, 0.2) is 0 Å². The van der Waals surface area contributed by atoms with E-state index in [1.807, 2.05) is 0 Å². The fraction of sp³-hybridized carbons (Fsp3) is 0.421. The quantitative estimate of drug-likeness (QED) is 0.721. The van der Waals surface area contributed by atoms with Crippen LogP contribution in [0.15, 0.2) is 42.6 Å². The maximum absolute atomic E-state index is 4.79. The Kier molecular flexibility index (Phi) is 4.21. The Morgan fingerprint density at radius 2 is 1.67 bits per heavy atom. The molecular formula is C19H25GeN. The average Bonchev–Trinajstić information content (AvgIpc) is 3.01. The number of hydrogen-bond donors (Lipinski definition) is 0. The Morgan fingerprint density at radius 1 is 1.00 bits per heavy atom. The summed E-state index contributed by atoms with van der Waals surface area (Å²) in [6, 6.07) is 13.0. The summed E-state index contributed by atoms with van der Waals surface area (Å²) in [5, 5.41) is 0. The van der Waals surface area contributed by atoms with E-state index in [-0.39, 0.29) is 0 Å². The van der Waals surface area contributed by atoms with E-state index in [0.717, 1.165) is 11.6 Å². The van der Waals surface area contributed by atoms with Gasteiger partial charge in [0.2, 0.25) is 0 Å². The number of rotatable bonds is 3. The summed E-state index contributed by atoms with van der Waals surface area (Å²) in [7, 11) is 0. The van der Waals surface area contributed by atoms with Crippen molar-refractivity contribution < 1.29 is 0 Å². The van der Waals surface area contributed by atoms with E-state index in [9.17, 15) is 0 Å². The molecule has 0 atom stereocenters. The van der Waals surface area contributed by atoms with Gasteiger partial charge in [0.25, 0.3) is 0 Å². The molecule has 0 radical (unpaired) electrons. The summed E-state index contributed by atoms with van der Waals surface area (Å²) in [6.07, 6.45) is 7.72. The number of nitrogens with zero attached hydrogens (tertiary/aromatic N) is 1. The second-order valence-electron chi connectivity index (χ2n) is 7.25. The summed E-state index contributed by atoms with van der Waals surface area (Å²) in [5.74, 6) is 8.22. The molecule has 1 aromatic carbocycles. The first-order chi connectivity index (χ1) is 10.1. The van der Waals surface area contributed by atoms with Crippen molar-refractivity contribution in [3.05, 3.63) is 48.2 Å². The van der Waals surface area contributed by atoms with Crippen LogP contribution in [0, 0.1) is 0 Å². The maximum atomic E-state index is 4.79. The van der Waals surface area contributed by atoms with Crippen LogP contribution >= 0.6 is 0 Å². The van der Waals surface area contributed by atoms with Crippen LogP contribution in [0.3, 0.4) is 0 Å². The van der Waals surface area contributed by atoms with E-state index in [4.69, 9.17) is 4.98 Å². The van der Waals surface area contributed by atoms with Gasteiger partial charge in [-0.05, 0) is 0 Å². The van der Waals surface area contributed by atoms with Crippen molar-refractivity contribution in [2.24, 2.45) is 0 Å². The molecule has 1 aromatic heterocycles. The zero-order valence-electron chi connectivity index (χ0n) is 13.4. The minimum absolute atomic E-state index is 0.773.